The SMILES string of the molecule is Cc1cc(F)cc(C(NN)C(C)(C)N2CCCCC2)c1. The molecule has 3 N–H and O–H groups in total. The van der Waals surface area contributed by atoms with Crippen LogP contribution in [0.3, 0.4) is 0 Å². The molecule has 1 aliphatic rings. The van der Waals surface area contributed by atoms with E-state index in [1.54, 1.807) is 12.1 Å². The fourth-order valence-electron chi connectivity index (χ4n) is 3.29. The van der Waals surface area contributed by atoms with Crippen LogP contribution in [-0.4, -0.2) is 23.5 Å². The maximum Gasteiger partial charge on any atom is 0.123 e. The number of nitrogens with two attached hydrogens (primary N) is 1. The van der Waals surface area contributed by atoms with Gasteiger partial charge in [0.2, 0.25) is 0 Å². The summed E-state index contributed by atoms with van der Waals surface area (Å²) in [4.78, 5) is 2.46. The molecule has 0 amide bonds. The summed E-state index contributed by atoms with van der Waals surface area (Å²) in [6, 6.07) is 5.06. The molecule has 2 rings (SSSR count). The summed E-state index contributed by atoms with van der Waals surface area (Å²) in [5.41, 5.74) is 4.60. The number of nitrogens with zero attached hydrogens (tertiary/aromatic N) is 1. The number of piperidine rings is 1. The number of hydrazine groups is 1. The molecule has 20 heavy (non-hydrogen) atoms. The van der Waals surface area contributed by atoms with Crippen LogP contribution in [0.15, 0.2) is 18.2 Å². The van der Waals surface area contributed by atoms with Gasteiger partial charge >= 0.3 is 0 Å². The molecule has 112 valence electrons. The first kappa shape index (κ1) is 15.4. The lowest BCUT2D eigenvalue weighted by atomic mass is 9.85. The van der Waals surface area contributed by atoms with Gasteiger partial charge in [0.1, 0.15) is 5.82 Å². The van der Waals surface area contributed by atoms with Crippen molar-refractivity contribution >= 4 is 0 Å². The number of likely N-dealkylation sites (tertiary alicyclic amines) is 1. The first-order valence-corrected chi connectivity index (χ1v) is 7.43. The highest BCUT2D eigenvalue weighted by Gasteiger charge is 2.36. The Kier molecular flexibility index (Phi) is 4.78. The summed E-state index contributed by atoms with van der Waals surface area (Å²) in [6.45, 7) is 8.44. The predicted octanol–water partition coefficient (Wildman–Crippen LogP) is 2.90. The highest BCUT2D eigenvalue weighted by Crippen LogP contribution is 2.33. The Bertz CT molecular complexity index is 433. The summed E-state index contributed by atoms with van der Waals surface area (Å²) in [5.74, 6) is 5.60. The van der Waals surface area contributed by atoms with Crippen LogP contribution in [0.2, 0.25) is 0 Å². The van der Waals surface area contributed by atoms with E-state index in [1.807, 2.05) is 13.0 Å². The van der Waals surface area contributed by atoms with E-state index < -0.39 is 0 Å². The van der Waals surface area contributed by atoms with E-state index in [0.717, 1.165) is 24.2 Å². The monoisotopic (exact) mass is 279 g/mol. The average Bonchev–Trinajstić information content (AvgIpc) is 2.39. The second-order valence-corrected chi connectivity index (χ2v) is 6.36. The minimum atomic E-state index is -0.199. The maximum atomic E-state index is 13.7. The number of hydrogen-bond acceptors (Lipinski definition) is 3. The first-order chi connectivity index (χ1) is 9.45. The number of hydrogen-bond donors (Lipinski definition) is 2. The molecule has 1 aromatic rings. The molecule has 1 fully saturated rings. The van der Waals surface area contributed by atoms with Crippen LogP contribution in [0, 0.1) is 12.7 Å². The van der Waals surface area contributed by atoms with Crippen molar-refractivity contribution in [1.82, 2.24) is 10.3 Å². The standard InChI is InChI=1S/C16H26FN3/c1-12-9-13(11-14(17)10-12)15(19-18)16(2,3)20-7-5-4-6-8-20/h9-11,15,19H,4-8,18H2,1-3H3. The van der Waals surface area contributed by atoms with Gasteiger partial charge in [-0.05, 0) is 70.0 Å². The highest BCUT2D eigenvalue weighted by molar-refractivity contribution is 5.28. The maximum absolute atomic E-state index is 13.7. The third kappa shape index (κ3) is 3.19. The Morgan fingerprint density at radius 2 is 1.85 bits per heavy atom. The van der Waals surface area contributed by atoms with Crippen molar-refractivity contribution in [2.75, 3.05) is 13.1 Å². The zero-order chi connectivity index (χ0) is 14.8. The van der Waals surface area contributed by atoms with Crippen molar-refractivity contribution in [3.63, 3.8) is 0 Å². The van der Waals surface area contributed by atoms with E-state index in [0.29, 0.717) is 0 Å². The Morgan fingerprint density at radius 1 is 1.20 bits per heavy atom. The lowest BCUT2D eigenvalue weighted by molar-refractivity contribution is 0.0607. The van der Waals surface area contributed by atoms with Crippen LogP contribution in [0.5, 0.6) is 0 Å². The highest BCUT2D eigenvalue weighted by atomic mass is 19.1. The van der Waals surface area contributed by atoms with Crippen LogP contribution in [0.25, 0.3) is 0 Å². The van der Waals surface area contributed by atoms with E-state index in [1.165, 1.54) is 19.3 Å². The fourth-order valence-corrected chi connectivity index (χ4v) is 3.29. The predicted molar refractivity (Wildman–Crippen MR) is 80.7 cm³/mol. The summed E-state index contributed by atoms with van der Waals surface area (Å²) < 4.78 is 13.7. The summed E-state index contributed by atoms with van der Waals surface area (Å²) in [7, 11) is 0. The van der Waals surface area contributed by atoms with Gasteiger partial charge in [-0.15, -0.1) is 0 Å². The number of halogens is 1. The molecule has 0 radical (unpaired) electrons. The van der Waals surface area contributed by atoms with Crippen molar-refractivity contribution in [2.45, 2.75) is 51.6 Å². The number of nitrogens with one attached hydrogen (secondary N) is 1. The van der Waals surface area contributed by atoms with Crippen molar-refractivity contribution in [1.29, 1.82) is 0 Å². The summed E-state index contributed by atoms with van der Waals surface area (Å²) in [5, 5.41) is 0. The lowest BCUT2D eigenvalue weighted by Gasteiger charge is -2.46. The van der Waals surface area contributed by atoms with Crippen LogP contribution in [0.4, 0.5) is 4.39 Å². The van der Waals surface area contributed by atoms with Crippen LogP contribution in [0.1, 0.15) is 50.3 Å². The van der Waals surface area contributed by atoms with Gasteiger partial charge < -0.3 is 0 Å². The van der Waals surface area contributed by atoms with E-state index in [9.17, 15) is 4.39 Å². The molecule has 4 heteroatoms. The van der Waals surface area contributed by atoms with Crippen LogP contribution in [-0.2, 0) is 0 Å². The van der Waals surface area contributed by atoms with Gasteiger partial charge in [0.15, 0.2) is 0 Å². The second kappa shape index (κ2) is 6.20. The van der Waals surface area contributed by atoms with Gasteiger partial charge in [0.25, 0.3) is 0 Å². The molecule has 3 nitrogen and oxygen atoms in total. The molecule has 0 bridgehead atoms. The van der Waals surface area contributed by atoms with Gasteiger partial charge in [-0.25, -0.2) is 4.39 Å². The van der Waals surface area contributed by atoms with Crippen molar-refractivity contribution in [3.05, 3.63) is 35.1 Å². The Labute approximate surface area is 121 Å². The largest absolute Gasteiger partial charge is 0.296 e. The van der Waals surface area contributed by atoms with E-state index in [4.69, 9.17) is 5.84 Å². The normalized spacial score (nSPS) is 19.1. The van der Waals surface area contributed by atoms with Gasteiger partial charge in [-0.2, -0.15) is 0 Å². The zero-order valence-corrected chi connectivity index (χ0v) is 12.7. The Balaban J connectivity index is 2.29. The molecule has 1 heterocycles. The van der Waals surface area contributed by atoms with E-state index >= 15 is 0 Å². The van der Waals surface area contributed by atoms with Crippen molar-refractivity contribution in [2.24, 2.45) is 5.84 Å². The Morgan fingerprint density at radius 3 is 2.40 bits per heavy atom. The molecule has 1 aromatic carbocycles. The quantitative estimate of drug-likeness (QED) is 0.658. The molecule has 1 saturated heterocycles. The first-order valence-electron chi connectivity index (χ1n) is 7.43. The molecule has 1 unspecified atom stereocenters. The van der Waals surface area contributed by atoms with Crippen molar-refractivity contribution in [3.8, 4) is 0 Å². The third-order valence-corrected chi connectivity index (χ3v) is 4.44. The smallest absolute Gasteiger partial charge is 0.123 e. The van der Waals surface area contributed by atoms with Gasteiger partial charge in [-0.3, -0.25) is 16.2 Å². The van der Waals surface area contributed by atoms with Crippen LogP contribution >= 0.6 is 0 Å². The Hall–Kier alpha value is -0.970. The molecule has 0 saturated carbocycles. The minimum Gasteiger partial charge on any atom is -0.296 e. The lowest BCUT2D eigenvalue weighted by Crippen LogP contribution is -2.55. The van der Waals surface area contributed by atoms with Gasteiger partial charge in [0.05, 0.1) is 6.04 Å². The third-order valence-electron chi connectivity index (χ3n) is 4.44. The number of aryl methyl sites for hydroxylation is 1. The molecule has 0 aromatic heterocycles. The number of rotatable bonds is 4. The molecular weight excluding hydrogens is 253 g/mol. The average molecular weight is 279 g/mol. The summed E-state index contributed by atoms with van der Waals surface area (Å²) >= 11 is 0. The van der Waals surface area contributed by atoms with Gasteiger partial charge in [0, 0.05) is 5.54 Å². The zero-order valence-electron chi connectivity index (χ0n) is 12.7. The molecule has 1 atom stereocenters. The summed E-state index contributed by atoms with van der Waals surface area (Å²) in [6.07, 6.45) is 3.75. The second-order valence-electron chi connectivity index (χ2n) is 6.36. The molecule has 1 aliphatic heterocycles. The minimum absolute atomic E-state index is 0.0880. The molecular formula is C16H26FN3. The van der Waals surface area contributed by atoms with E-state index in [-0.39, 0.29) is 17.4 Å². The topological polar surface area (TPSA) is 41.3 Å². The van der Waals surface area contributed by atoms with E-state index in [2.05, 4.69) is 24.2 Å². The fraction of sp³-hybridized carbons (Fsp3) is 0.625. The van der Waals surface area contributed by atoms with Crippen LogP contribution < -0.4 is 11.3 Å². The van der Waals surface area contributed by atoms with Gasteiger partial charge in [-0.1, -0.05) is 12.5 Å². The number of benzene rings is 1. The van der Waals surface area contributed by atoms with Crippen molar-refractivity contribution < 1.29 is 4.39 Å². The molecule has 0 spiro atoms. The molecule has 0 aliphatic carbocycles.